The zero-order valence-electron chi connectivity index (χ0n) is 13.2. The number of benzene rings is 2. The van der Waals surface area contributed by atoms with Gasteiger partial charge in [0.25, 0.3) is 0 Å². The third-order valence-corrected chi connectivity index (χ3v) is 3.95. The summed E-state index contributed by atoms with van der Waals surface area (Å²) >= 11 is 0. The van der Waals surface area contributed by atoms with Gasteiger partial charge in [-0.15, -0.1) is 0 Å². The Balaban J connectivity index is 1.72. The van der Waals surface area contributed by atoms with E-state index in [0.717, 1.165) is 29.1 Å². The Bertz CT molecular complexity index is 715. The molecule has 0 spiro atoms. The summed E-state index contributed by atoms with van der Waals surface area (Å²) in [6, 6.07) is 13.4. The highest BCUT2D eigenvalue weighted by Crippen LogP contribution is 2.33. The maximum absolute atomic E-state index is 12.4. The number of nitrogens with two attached hydrogens (primary N) is 1. The van der Waals surface area contributed by atoms with Gasteiger partial charge < -0.3 is 20.7 Å². The first-order valence-electron chi connectivity index (χ1n) is 7.82. The van der Waals surface area contributed by atoms with Gasteiger partial charge in [0.1, 0.15) is 12.4 Å². The molecule has 0 aromatic heterocycles. The van der Waals surface area contributed by atoms with E-state index in [-0.39, 0.29) is 5.91 Å². The zero-order chi connectivity index (χ0) is 16.2. The topological polar surface area (TPSA) is 67.6 Å². The molecule has 5 nitrogen and oxygen atoms in total. The van der Waals surface area contributed by atoms with Crippen molar-refractivity contribution in [2.45, 2.75) is 13.3 Å². The number of nitrogen functional groups attached to an aromatic ring is 1. The smallest absolute Gasteiger partial charge is 0.243 e. The van der Waals surface area contributed by atoms with Crippen molar-refractivity contribution in [3.05, 3.63) is 48.0 Å². The van der Waals surface area contributed by atoms with Gasteiger partial charge in [0.15, 0.2) is 0 Å². The number of carbonyl (C=O) groups is 1. The normalized spacial score (nSPS) is 13.2. The molecule has 23 heavy (non-hydrogen) atoms. The van der Waals surface area contributed by atoms with Gasteiger partial charge in [-0.1, -0.05) is 25.1 Å². The van der Waals surface area contributed by atoms with Crippen molar-refractivity contribution in [3.8, 4) is 5.75 Å². The van der Waals surface area contributed by atoms with Crippen molar-refractivity contribution in [3.63, 3.8) is 0 Å². The van der Waals surface area contributed by atoms with Gasteiger partial charge in [0, 0.05) is 17.4 Å². The molecule has 0 fully saturated rings. The number of carbonyl (C=O) groups excluding carboxylic acids is 1. The standard InChI is InChI=1S/C18H21N3O2/c1-2-13-5-3-4-6-15(13)20-18(22)12-21-9-10-23-17-11-14(19)7-8-16(17)21/h3-8,11H,2,9-10,12,19H2,1H3,(H,20,22). The van der Waals surface area contributed by atoms with Crippen LogP contribution in [0.4, 0.5) is 17.1 Å². The molecule has 1 heterocycles. The second-order valence-corrected chi connectivity index (χ2v) is 5.56. The van der Waals surface area contributed by atoms with Crippen LogP contribution in [0, 0.1) is 0 Å². The number of ether oxygens (including phenoxy) is 1. The molecule has 0 bridgehead atoms. The first kappa shape index (κ1) is 15.2. The van der Waals surface area contributed by atoms with Crippen LogP contribution < -0.4 is 20.7 Å². The highest BCUT2D eigenvalue weighted by Gasteiger charge is 2.20. The molecule has 0 radical (unpaired) electrons. The highest BCUT2D eigenvalue weighted by molar-refractivity contribution is 5.95. The molecule has 1 aliphatic rings. The molecular weight excluding hydrogens is 290 g/mol. The van der Waals surface area contributed by atoms with E-state index in [1.807, 2.05) is 41.3 Å². The number of hydrogen-bond donors (Lipinski definition) is 2. The van der Waals surface area contributed by atoms with Crippen LogP contribution in [0.15, 0.2) is 42.5 Å². The number of nitrogens with one attached hydrogen (secondary N) is 1. The molecule has 0 unspecified atom stereocenters. The van der Waals surface area contributed by atoms with Gasteiger partial charge in [-0.3, -0.25) is 4.79 Å². The van der Waals surface area contributed by atoms with E-state index in [0.29, 0.717) is 25.4 Å². The van der Waals surface area contributed by atoms with Crippen molar-refractivity contribution >= 4 is 23.0 Å². The number of fused-ring (bicyclic) bond motifs is 1. The minimum Gasteiger partial charge on any atom is -0.489 e. The van der Waals surface area contributed by atoms with E-state index < -0.39 is 0 Å². The largest absolute Gasteiger partial charge is 0.489 e. The predicted molar refractivity (Wildman–Crippen MR) is 93.0 cm³/mol. The van der Waals surface area contributed by atoms with Crippen LogP contribution in [-0.2, 0) is 11.2 Å². The molecule has 0 atom stereocenters. The molecule has 0 aliphatic carbocycles. The number of anilines is 3. The van der Waals surface area contributed by atoms with Crippen molar-refractivity contribution in [2.75, 3.05) is 35.6 Å². The van der Waals surface area contributed by atoms with Gasteiger partial charge in [-0.05, 0) is 30.2 Å². The third-order valence-electron chi connectivity index (χ3n) is 3.95. The van der Waals surface area contributed by atoms with E-state index in [2.05, 4.69) is 12.2 Å². The van der Waals surface area contributed by atoms with Gasteiger partial charge >= 0.3 is 0 Å². The number of nitrogens with zero attached hydrogens (tertiary/aromatic N) is 1. The minimum atomic E-state index is -0.0319. The van der Waals surface area contributed by atoms with Crippen molar-refractivity contribution in [1.29, 1.82) is 0 Å². The number of hydrogen-bond acceptors (Lipinski definition) is 4. The van der Waals surface area contributed by atoms with E-state index in [1.54, 1.807) is 6.07 Å². The Kier molecular flexibility index (Phi) is 4.37. The summed E-state index contributed by atoms with van der Waals surface area (Å²) < 4.78 is 5.62. The van der Waals surface area contributed by atoms with Crippen LogP contribution in [-0.4, -0.2) is 25.6 Å². The maximum Gasteiger partial charge on any atom is 0.243 e. The number of para-hydroxylation sites is 1. The van der Waals surface area contributed by atoms with E-state index in [4.69, 9.17) is 10.5 Å². The van der Waals surface area contributed by atoms with Crippen LogP contribution in [0.25, 0.3) is 0 Å². The lowest BCUT2D eigenvalue weighted by molar-refractivity contribution is -0.115. The fourth-order valence-electron chi connectivity index (χ4n) is 2.77. The summed E-state index contributed by atoms with van der Waals surface area (Å²) in [7, 11) is 0. The SMILES string of the molecule is CCc1ccccc1NC(=O)CN1CCOc2cc(N)ccc21. The second kappa shape index (κ2) is 6.60. The summed E-state index contributed by atoms with van der Waals surface area (Å²) in [6.45, 7) is 3.60. The summed E-state index contributed by atoms with van der Waals surface area (Å²) in [4.78, 5) is 14.4. The molecule has 3 N–H and O–H groups in total. The van der Waals surface area contributed by atoms with Gasteiger partial charge in [0.05, 0.1) is 18.8 Å². The molecule has 1 aliphatic heterocycles. The molecule has 1 amide bonds. The third kappa shape index (κ3) is 3.39. The van der Waals surface area contributed by atoms with Gasteiger partial charge in [-0.25, -0.2) is 0 Å². The van der Waals surface area contributed by atoms with Crippen LogP contribution in [0.2, 0.25) is 0 Å². The van der Waals surface area contributed by atoms with Crippen LogP contribution >= 0.6 is 0 Å². The monoisotopic (exact) mass is 311 g/mol. The van der Waals surface area contributed by atoms with Crippen LogP contribution in [0.3, 0.4) is 0 Å². The fourth-order valence-corrected chi connectivity index (χ4v) is 2.77. The molecule has 0 saturated heterocycles. The molecule has 2 aromatic carbocycles. The Labute approximate surface area is 136 Å². The lowest BCUT2D eigenvalue weighted by atomic mass is 10.1. The zero-order valence-corrected chi connectivity index (χ0v) is 13.2. The molecule has 5 heteroatoms. The Hall–Kier alpha value is -2.69. The van der Waals surface area contributed by atoms with Crippen LogP contribution in [0.1, 0.15) is 12.5 Å². The predicted octanol–water partition coefficient (Wildman–Crippen LogP) is 2.67. The van der Waals surface area contributed by atoms with E-state index in [9.17, 15) is 4.79 Å². The molecule has 0 saturated carbocycles. The van der Waals surface area contributed by atoms with Crippen LogP contribution in [0.5, 0.6) is 5.75 Å². The van der Waals surface area contributed by atoms with E-state index >= 15 is 0 Å². The Morgan fingerprint density at radius 1 is 1.30 bits per heavy atom. The minimum absolute atomic E-state index is 0.0319. The summed E-state index contributed by atoms with van der Waals surface area (Å²) in [5.74, 6) is 0.702. The summed E-state index contributed by atoms with van der Waals surface area (Å²) in [5, 5.41) is 3.00. The lowest BCUT2D eigenvalue weighted by Gasteiger charge is -2.30. The quantitative estimate of drug-likeness (QED) is 0.852. The first-order valence-corrected chi connectivity index (χ1v) is 7.82. The molecule has 2 aromatic rings. The van der Waals surface area contributed by atoms with E-state index in [1.165, 1.54) is 0 Å². The molecule has 120 valence electrons. The second-order valence-electron chi connectivity index (χ2n) is 5.56. The average Bonchev–Trinajstić information content (AvgIpc) is 2.55. The molecular formula is C18H21N3O2. The van der Waals surface area contributed by atoms with Gasteiger partial charge in [0.2, 0.25) is 5.91 Å². The number of amides is 1. The first-order chi connectivity index (χ1) is 11.2. The Morgan fingerprint density at radius 3 is 2.96 bits per heavy atom. The lowest BCUT2D eigenvalue weighted by Crippen LogP contribution is -2.38. The Morgan fingerprint density at radius 2 is 2.13 bits per heavy atom. The van der Waals surface area contributed by atoms with Crippen molar-refractivity contribution in [2.24, 2.45) is 0 Å². The van der Waals surface area contributed by atoms with Crippen molar-refractivity contribution in [1.82, 2.24) is 0 Å². The molecule has 3 rings (SSSR count). The summed E-state index contributed by atoms with van der Waals surface area (Å²) in [6.07, 6.45) is 0.885. The highest BCUT2D eigenvalue weighted by atomic mass is 16.5. The fraction of sp³-hybridized carbons (Fsp3) is 0.278. The number of rotatable bonds is 4. The number of aryl methyl sites for hydroxylation is 1. The van der Waals surface area contributed by atoms with Gasteiger partial charge in [-0.2, -0.15) is 0 Å². The summed E-state index contributed by atoms with van der Waals surface area (Å²) in [5.41, 5.74) is 9.37. The van der Waals surface area contributed by atoms with Crippen molar-refractivity contribution < 1.29 is 9.53 Å². The maximum atomic E-state index is 12.4. The average molecular weight is 311 g/mol.